The first-order chi connectivity index (χ1) is 14.5. The van der Waals surface area contributed by atoms with Crippen LogP contribution in [0.4, 0.5) is 11.4 Å². The van der Waals surface area contributed by atoms with Gasteiger partial charge >= 0.3 is 0 Å². The molecule has 0 heterocycles. The van der Waals surface area contributed by atoms with Gasteiger partial charge in [-0.1, -0.05) is 84.9 Å². The van der Waals surface area contributed by atoms with E-state index in [1.165, 1.54) is 33.6 Å². The van der Waals surface area contributed by atoms with Crippen LogP contribution in [0, 0.1) is 0 Å². The van der Waals surface area contributed by atoms with E-state index in [9.17, 15) is 0 Å². The van der Waals surface area contributed by atoms with Gasteiger partial charge in [0.25, 0.3) is 0 Å². The van der Waals surface area contributed by atoms with Crippen molar-refractivity contribution in [1.29, 1.82) is 0 Å². The minimum Gasteiger partial charge on any atom is -0.378 e. The van der Waals surface area contributed by atoms with Gasteiger partial charge in [-0.2, -0.15) is 0 Å². The van der Waals surface area contributed by atoms with Crippen LogP contribution in [0.15, 0.2) is 109 Å². The number of rotatable bonds is 4. The van der Waals surface area contributed by atoms with E-state index < -0.39 is 0 Å². The standard InChI is InChI=1S/2C14H15N.Ni/c2*1-15(2)14-10-8-13(9-11-14)12-6-4-3-5-7-12;/h2*3-11H,1-2H3;. The van der Waals surface area contributed by atoms with Crippen LogP contribution in [-0.4, -0.2) is 28.2 Å². The van der Waals surface area contributed by atoms with E-state index in [-0.39, 0.29) is 16.5 Å². The predicted octanol–water partition coefficient (Wildman–Crippen LogP) is 6.84. The monoisotopic (exact) mass is 452 g/mol. The Hall–Kier alpha value is -3.03. The van der Waals surface area contributed by atoms with E-state index in [2.05, 4.69) is 135 Å². The molecular weight excluding hydrogens is 423 g/mol. The molecule has 31 heavy (non-hydrogen) atoms. The Morgan fingerprint density at radius 2 is 0.613 bits per heavy atom. The average molecular weight is 453 g/mol. The maximum atomic E-state index is 2.16. The number of hydrogen-bond donors (Lipinski definition) is 0. The van der Waals surface area contributed by atoms with Crippen LogP contribution < -0.4 is 9.80 Å². The maximum Gasteiger partial charge on any atom is 0.0361 e. The molecule has 0 amide bonds. The normalized spacial score (nSPS) is 9.68. The Bertz CT molecular complexity index is 923. The van der Waals surface area contributed by atoms with E-state index in [4.69, 9.17) is 0 Å². The molecule has 0 aliphatic carbocycles. The summed E-state index contributed by atoms with van der Waals surface area (Å²) in [5.74, 6) is 0. The zero-order chi connectivity index (χ0) is 21.3. The number of benzene rings is 4. The second-order valence-electron chi connectivity index (χ2n) is 7.61. The number of hydrogen-bond acceptors (Lipinski definition) is 2. The fourth-order valence-corrected chi connectivity index (χ4v) is 3.17. The predicted molar refractivity (Wildman–Crippen MR) is 132 cm³/mol. The summed E-state index contributed by atoms with van der Waals surface area (Å²) in [5, 5.41) is 0. The van der Waals surface area contributed by atoms with Crippen LogP contribution in [0.25, 0.3) is 22.3 Å². The Morgan fingerprint density at radius 1 is 0.355 bits per heavy atom. The topological polar surface area (TPSA) is 6.48 Å². The molecule has 4 aromatic rings. The minimum atomic E-state index is 0. The van der Waals surface area contributed by atoms with Gasteiger partial charge in [-0.3, -0.25) is 0 Å². The molecule has 0 saturated carbocycles. The van der Waals surface area contributed by atoms with Gasteiger partial charge in [0.1, 0.15) is 0 Å². The van der Waals surface area contributed by atoms with Gasteiger partial charge in [0.05, 0.1) is 0 Å². The fraction of sp³-hybridized carbons (Fsp3) is 0.143. The van der Waals surface area contributed by atoms with Crippen molar-refractivity contribution in [1.82, 2.24) is 0 Å². The molecule has 0 aliphatic heterocycles. The molecule has 0 bridgehead atoms. The van der Waals surface area contributed by atoms with Gasteiger partial charge in [0.2, 0.25) is 0 Å². The van der Waals surface area contributed by atoms with Crippen LogP contribution in [0.1, 0.15) is 0 Å². The number of anilines is 2. The van der Waals surface area contributed by atoms with Crippen molar-refractivity contribution in [3.05, 3.63) is 109 Å². The summed E-state index contributed by atoms with van der Waals surface area (Å²) in [6.45, 7) is 0. The summed E-state index contributed by atoms with van der Waals surface area (Å²) < 4.78 is 0. The molecule has 0 atom stereocenters. The second kappa shape index (κ2) is 12.0. The van der Waals surface area contributed by atoms with Crippen molar-refractivity contribution in [2.45, 2.75) is 0 Å². The van der Waals surface area contributed by atoms with Crippen molar-refractivity contribution >= 4 is 11.4 Å². The first kappa shape index (κ1) is 24.2. The van der Waals surface area contributed by atoms with Crippen LogP contribution in [-0.2, 0) is 16.5 Å². The van der Waals surface area contributed by atoms with E-state index in [0.717, 1.165) is 0 Å². The molecular formula is C28H30N2Ni. The molecule has 4 aromatic carbocycles. The summed E-state index contributed by atoms with van der Waals surface area (Å²) in [6, 6.07) is 38.1. The average Bonchev–Trinajstić information content (AvgIpc) is 2.81. The van der Waals surface area contributed by atoms with Crippen LogP contribution in [0.5, 0.6) is 0 Å². The fourth-order valence-electron chi connectivity index (χ4n) is 3.17. The van der Waals surface area contributed by atoms with Gasteiger partial charge in [-0.05, 0) is 46.5 Å². The first-order valence-corrected chi connectivity index (χ1v) is 10.2. The summed E-state index contributed by atoms with van der Waals surface area (Å²) in [6.07, 6.45) is 0. The molecule has 0 aliphatic rings. The Balaban J connectivity index is 0.000000213. The van der Waals surface area contributed by atoms with Crippen molar-refractivity contribution in [3.63, 3.8) is 0 Å². The van der Waals surface area contributed by atoms with E-state index in [1.807, 2.05) is 12.1 Å². The molecule has 4 rings (SSSR count). The van der Waals surface area contributed by atoms with Gasteiger partial charge in [0.15, 0.2) is 0 Å². The van der Waals surface area contributed by atoms with Gasteiger partial charge in [-0.15, -0.1) is 0 Å². The molecule has 162 valence electrons. The largest absolute Gasteiger partial charge is 0.378 e. The third kappa shape index (κ3) is 7.01. The molecule has 0 radical (unpaired) electrons. The Morgan fingerprint density at radius 3 is 0.871 bits per heavy atom. The number of nitrogens with zero attached hydrogens (tertiary/aromatic N) is 2. The molecule has 0 fully saturated rings. The Kier molecular flexibility index (Phi) is 9.37. The molecule has 0 spiro atoms. The van der Waals surface area contributed by atoms with Crippen LogP contribution >= 0.6 is 0 Å². The maximum absolute atomic E-state index is 2.16. The van der Waals surface area contributed by atoms with Crippen molar-refractivity contribution in [3.8, 4) is 22.3 Å². The quantitative estimate of drug-likeness (QED) is 0.313. The third-order valence-electron chi connectivity index (χ3n) is 4.98. The van der Waals surface area contributed by atoms with Crippen molar-refractivity contribution in [2.75, 3.05) is 38.0 Å². The Labute approximate surface area is 197 Å². The van der Waals surface area contributed by atoms with Crippen LogP contribution in [0.3, 0.4) is 0 Å². The molecule has 0 saturated heterocycles. The first-order valence-electron chi connectivity index (χ1n) is 10.2. The summed E-state index contributed by atoms with van der Waals surface area (Å²) in [4.78, 5) is 4.21. The molecule has 0 N–H and O–H groups in total. The second-order valence-corrected chi connectivity index (χ2v) is 7.61. The zero-order valence-electron chi connectivity index (χ0n) is 18.6. The molecule has 3 heteroatoms. The van der Waals surface area contributed by atoms with E-state index in [0.29, 0.717) is 0 Å². The van der Waals surface area contributed by atoms with E-state index in [1.54, 1.807) is 0 Å². The molecule has 0 unspecified atom stereocenters. The minimum absolute atomic E-state index is 0. The van der Waals surface area contributed by atoms with Gasteiger partial charge in [0, 0.05) is 56.1 Å². The van der Waals surface area contributed by atoms with Gasteiger partial charge < -0.3 is 9.80 Å². The van der Waals surface area contributed by atoms with E-state index >= 15 is 0 Å². The molecule has 2 nitrogen and oxygen atoms in total. The van der Waals surface area contributed by atoms with Gasteiger partial charge in [-0.25, -0.2) is 0 Å². The summed E-state index contributed by atoms with van der Waals surface area (Å²) >= 11 is 0. The zero-order valence-corrected chi connectivity index (χ0v) is 19.6. The molecule has 0 aromatic heterocycles. The summed E-state index contributed by atoms with van der Waals surface area (Å²) in [5.41, 5.74) is 7.53. The smallest absolute Gasteiger partial charge is 0.0361 e. The SMILES string of the molecule is CN(C)c1ccc(-c2ccccc2)cc1.CN(C)c1ccc(-c2ccccc2)cc1.[Ni]. The van der Waals surface area contributed by atoms with Crippen molar-refractivity contribution < 1.29 is 16.5 Å². The van der Waals surface area contributed by atoms with Crippen LogP contribution in [0.2, 0.25) is 0 Å². The third-order valence-corrected chi connectivity index (χ3v) is 4.98. The van der Waals surface area contributed by atoms with Crippen molar-refractivity contribution in [2.24, 2.45) is 0 Å². The summed E-state index contributed by atoms with van der Waals surface area (Å²) in [7, 11) is 8.21.